The molecule has 2 atom stereocenters. The smallest absolute Gasteiger partial charge is 0.147 e. The first kappa shape index (κ1) is 14.8. The van der Waals surface area contributed by atoms with Crippen LogP contribution in [-0.4, -0.2) is 37.3 Å². The number of nitriles is 1. The molecule has 1 aliphatic rings. The summed E-state index contributed by atoms with van der Waals surface area (Å²) in [6, 6.07) is 4.40. The average molecular weight is 274 g/mol. The van der Waals surface area contributed by atoms with Gasteiger partial charge in [0.05, 0.1) is 11.7 Å². The van der Waals surface area contributed by atoms with Gasteiger partial charge in [0.1, 0.15) is 11.9 Å². The van der Waals surface area contributed by atoms with Crippen LogP contribution < -0.4 is 10.6 Å². The molecule has 1 aromatic rings. The highest BCUT2D eigenvalue weighted by molar-refractivity contribution is 5.59. The predicted octanol–water partition coefficient (Wildman–Crippen LogP) is 1.51. The SMILES string of the molecule is COC1CCN(c2nc(C)cc(C)c2C#N)C(CN)C1. The molecule has 1 fully saturated rings. The molecule has 0 saturated carbocycles. The summed E-state index contributed by atoms with van der Waals surface area (Å²) in [5.74, 6) is 0.773. The van der Waals surface area contributed by atoms with Gasteiger partial charge in [0.25, 0.3) is 0 Å². The zero-order valence-electron chi connectivity index (χ0n) is 12.4. The Morgan fingerprint density at radius 1 is 1.55 bits per heavy atom. The van der Waals surface area contributed by atoms with Gasteiger partial charge in [-0.25, -0.2) is 4.98 Å². The number of aryl methyl sites for hydroxylation is 2. The molecule has 0 spiro atoms. The van der Waals surface area contributed by atoms with Crippen LogP contribution in [0.5, 0.6) is 0 Å². The summed E-state index contributed by atoms with van der Waals surface area (Å²) in [6.45, 7) is 5.28. The van der Waals surface area contributed by atoms with Crippen LogP contribution in [0.15, 0.2) is 6.07 Å². The summed E-state index contributed by atoms with van der Waals surface area (Å²) >= 11 is 0. The largest absolute Gasteiger partial charge is 0.381 e. The average Bonchev–Trinajstić information content (AvgIpc) is 2.45. The van der Waals surface area contributed by atoms with Crippen LogP contribution >= 0.6 is 0 Å². The lowest BCUT2D eigenvalue weighted by molar-refractivity contribution is 0.0708. The Balaban J connectivity index is 2.38. The van der Waals surface area contributed by atoms with Gasteiger partial charge < -0.3 is 15.4 Å². The van der Waals surface area contributed by atoms with Crippen LogP contribution in [0.4, 0.5) is 5.82 Å². The fourth-order valence-corrected chi connectivity index (χ4v) is 2.89. The maximum Gasteiger partial charge on any atom is 0.147 e. The van der Waals surface area contributed by atoms with Crippen LogP contribution in [0.25, 0.3) is 0 Å². The van der Waals surface area contributed by atoms with Gasteiger partial charge in [-0.1, -0.05) is 0 Å². The Morgan fingerprint density at radius 2 is 2.30 bits per heavy atom. The fourth-order valence-electron chi connectivity index (χ4n) is 2.89. The van der Waals surface area contributed by atoms with E-state index in [9.17, 15) is 5.26 Å². The molecule has 0 radical (unpaired) electrons. The van der Waals surface area contributed by atoms with Gasteiger partial charge in [0.15, 0.2) is 0 Å². The van der Waals surface area contributed by atoms with Crippen molar-refractivity contribution < 1.29 is 4.74 Å². The first-order valence-corrected chi connectivity index (χ1v) is 6.98. The van der Waals surface area contributed by atoms with E-state index in [0.29, 0.717) is 12.1 Å². The van der Waals surface area contributed by atoms with Gasteiger partial charge in [-0.2, -0.15) is 5.26 Å². The number of ether oxygens (including phenoxy) is 1. The van der Waals surface area contributed by atoms with E-state index in [1.165, 1.54) is 0 Å². The van der Waals surface area contributed by atoms with Gasteiger partial charge in [-0.05, 0) is 38.3 Å². The standard InChI is InChI=1S/C15H22N4O/c1-10-6-11(2)18-15(14(10)9-17)19-5-4-13(20-3)7-12(19)8-16/h6,12-13H,4-5,7-8,16H2,1-3H3. The summed E-state index contributed by atoms with van der Waals surface area (Å²) in [5.41, 5.74) is 8.47. The minimum absolute atomic E-state index is 0.175. The second-order valence-electron chi connectivity index (χ2n) is 5.36. The molecule has 5 nitrogen and oxygen atoms in total. The molecule has 0 bridgehead atoms. The van der Waals surface area contributed by atoms with Crippen molar-refractivity contribution >= 4 is 5.82 Å². The molecule has 1 saturated heterocycles. The Bertz CT molecular complexity index is 523. The lowest BCUT2D eigenvalue weighted by Crippen LogP contribution is -2.49. The number of hydrogen-bond acceptors (Lipinski definition) is 5. The zero-order valence-corrected chi connectivity index (χ0v) is 12.4. The summed E-state index contributed by atoms with van der Waals surface area (Å²) in [4.78, 5) is 6.76. The Kier molecular flexibility index (Phi) is 4.58. The van der Waals surface area contributed by atoms with Crippen molar-refractivity contribution in [2.24, 2.45) is 5.73 Å². The number of hydrogen-bond donors (Lipinski definition) is 1. The first-order valence-electron chi connectivity index (χ1n) is 6.98. The third-order valence-corrected chi connectivity index (χ3v) is 3.98. The second-order valence-corrected chi connectivity index (χ2v) is 5.36. The molecule has 108 valence electrons. The summed E-state index contributed by atoms with van der Waals surface area (Å²) in [5, 5.41) is 9.41. The van der Waals surface area contributed by atoms with E-state index in [1.54, 1.807) is 7.11 Å². The van der Waals surface area contributed by atoms with E-state index in [1.807, 2.05) is 19.9 Å². The van der Waals surface area contributed by atoms with Crippen molar-refractivity contribution in [1.29, 1.82) is 5.26 Å². The monoisotopic (exact) mass is 274 g/mol. The highest BCUT2D eigenvalue weighted by Crippen LogP contribution is 2.28. The van der Waals surface area contributed by atoms with Gasteiger partial charge in [-0.3, -0.25) is 0 Å². The maximum atomic E-state index is 9.41. The molecule has 0 amide bonds. The van der Waals surface area contributed by atoms with Crippen molar-refractivity contribution in [2.45, 2.75) is 38.8 Å². The third-order valence-electron chi connectivity index (χ3n) is 3.98. The topological polar surface area (TPSA) is 75.2 Å². The molecule has 0 aromatic carbocycles. The van der Waals surface area contributed by atoms with Gasteiger partial charge in [0, 0.05) is 31.9 Å². The minimum atomic E-state index is 0.175. The van der Waals surface area contributed by atoms with Crippen LogP contribution in [0.2, 0.25) is 0 Å². The van der Waals surface area contributed by atoms with Crippen LogP contribution in [0.1, 0.15) is 29.7 Å². The normalized spacial score (nSPS) is 22.6. The van der Waals surface area contributed by atoms with E-state index in [4.69, 9.17) is 10.5 Å². The van der Waals surface area contributed by atoms with Crippen molar-refractivity contribution in [3.8, 4) is 6.07 Å². The molecular formula is C15H22N4O. The van der Waals surface area contributed by atoms with Crippen LogP contribution in [0, 0.1) is 25.2 Å². The molecular weight excluding hydrogens is 252 g/mol. The van der Waals surface area contributed by atoms with Gasteiger partial charge >= 0.3 is 0 Å². The molecule has 2 heterocycles. The Labute approximate surface area is 120 Å². The number of nitrogens with two attached hydrogens (primary N) is 1. The van der Waals surface area contributed by atoms with E-state index >= 15 is 0 Å². The van der Waals surface area contributed by atoms with Crippen molar-refractivity contribution in [3.05, 3.63) is 22.9 Å². The molecule has 20 heavy (non-hydrogen) atoms. The number of methoxy groups -OCH3 is 1. The summed E-state index contributed by atoms with van der Waals surface area (Å²) in [6.07, 6.45) is 2.07. The Hall–Kier alpha value is -1.64. The summed E-state index contributed by atoms with van der Waals surface area (Å²) < 4.78 is 5.44. The lowest BCUT2D eigenvalue weighted by atomic mass is 9.98. The number of pyridine rings is 1. The predicted molar refractivity (Wildman–Crippen MR) is 78.6 cm³/mol. The Morgan fingerprint density at radius 3 is 2.90 bits per heavy atom. The molecule has 1 aromatic heterocycles. The van der Waals surface area contributed by atoms with E-state index in [-0.39, 0.29) is 12.1 Å². The second kappa shape index (κ2) is 6.21. The fraction of sp³-hybridized carbons (Fsp3) is 0.600. The lowest BCUT2D eigenvalue weighted by Gasteiger charge is -2.39. The highest BCUT2D eigenvalue weighted by Gasteiger charge is 2.30. The van der Waals surface area contributed by atoms with E-state index in [2.05, 4.69) is 16.0 Å². The molecule has 2 unspecified atom stereocenters. The molecule has 0 aliphatic carbocycles. The zero-order chi connectivity index (χ0) is 14.7. The van der Waals surface area contributed by atoms with Crippen molar-refractivity contribution in [3.63, 3.8) is 0 Å². The van der Waals surface area contributed by atoms with E-state index in [0.717, 1.165) is 36.5 Å². The number of aromatic nitrogens is 1. The maximum absolute atomic E-state index is 9.41. The number of anilines is 1. The van der Waals surface area contributed by atoms with Crippen molar-refractivity contribution in [2.75, 3.05) is 25.1 Å². The van der Waals surface area contributed by atoms with Gasteiger partial charge in [0.2, 0.25) is 0 Å². The number of rotatable bonds is 3. The number of piperidine rings is 1. The quantitative estimate of drug-likeness (QED) is 0.904. The van der Waals surface area contributed by atoms with Crippen molar-refractivity contribution in [1.82, 2.24) is 4.98 Å². The number of nitrogens with zero attached hydrogens (tertiary/aromatic N) is 3. The van der Waals surface area contributed by atoms with Crippen LogP contribution in [0.3, 0.4) is 0 Å². The molecule has 1 aliphatic heterocycles. The third kappa shape index (κ3) is 2.77. The molecule has 5 heteroatoms. The summed E-state index contributed by atoms with van der Waals surface area (Å²) in [7, 11) is 1.74. The highest BCUT2D eigenvalue weighted by atomic mass is 16.5. The van der Waals surface area contributed by atoms with Crippen LogP contribution in [-0.2, 0) is 4.74 Å². The van der Waals surface area contributed by atoms with Gasteiger partial charge in [-0.15, -0.1) is 0 Å². The molecule has 2 N–H and O–H groups in total. The van der Waals surface area contributed by atoms with E-state index < -0.39 is 0 Å². The minimum Gasteiger partial charge on any atom is -0.381 e. The first-order chi connectivity index (χ1) is 9.60. The molecule has 2 rings (SSSR count).